The predicted molar refractivity (Wildman–Crippen MR) is 76.2 cm³/mol. The van der Waals surface area contributed by atoms with Crippen molar-refractivity contribution in [3.8, 4) is 0 Å². The number of carbonyl (C=O) groups is 2. The van der Waals surface area contributed by atoms with Gasteiger partial charge in [-0.2, -0.15) is 0 Å². The summed E-state index contributed by atoms with van der Waals surface area (Å²) in [4.78, 5) is 22.6. The van der Waals surface area contributed by atoms with Gasteiger partial charge in [-0.1, -0.05) is 6.07 Å². The second-order valence-electron chi connectivity index (χ2n) is 4.44. The fourth-order valence-electron chi connectivity index (χ4n) is 1.64. The molecule has 20 heavy (non-hydrogen) atoms. The summed E-state index contributed by atoms with van der Waals surface area (Å²) >= 11 is 0. The van der Waals surface area contributed by atoms with Gasteiger partial charge in [-0.3, -0.25) is 0 Å². The van der Waals surface area contributed by atoms with E-state index in [0.29, 0.717) is 18.8 Å². The average molecular weight is 280 g/mol. The lowest BCUT2D eigenvalue weighted by atomic mass is 10.1. The third-order valence-corrected chi connectivity index (χ3v) is 2.73. The van der Waals surface area contributed by atoms with Gasteiger partial charge in [-0.15, -0.1) is 0 Å². The zero-order valence-electron chi connectivity index (χ0n) is 11.9. The van der Waals surface area contributed by atoms with Crippen molar-refractivity contribution in [3.05, 3.63) is 29.3 Å². The first kappa shape index (κ1) is 16.0. The van der Waals surface area contributed by atoms with Crippen LogP contribution in [0.2, 0.25) is 0 Å². The molecule has 0 bridgehead atoms. The van der Waals surface area contributed by atoms with Crippen LogP contribution in [0.1, 0.15) is 29.8 Å². The summed E-state index contributed by atoms with van der Waals surface area (Å²) in [5.74, 6) is -1.03. The third kappa shape index (κ3) is 4.89. The Kier molecular flexibility index (Phi) is 5.99. The lowest BCUT2D eigenvalue weighted by Gasteiger charge is -2.14. The highest BCUT2D eigenvalue weighted by Gasteiger charge is 2.09. The highest BCUT2D eigenvalue weighted by Crippen LogP contribution is 2.16. The molecular weight excluding hydrogens is 260 g/mol. The molecule has 1 unspecified atom stereocenters. The van der Waals surface area contributed by atoms with Crippen molar-refractivity contribution in [2.24, 2.45) is 0 Å². The second kappa shape index (κ2) is 7.49. The summed E-state index contributed by atoms with van der Waals surface area (Å²) in [6, 6.07) is 4.20. The lowest BCUT2D eigenvalue weighted by molar-refractivity contribution is 0.0697. The Balaban J connectivity index is 2.61. The number of hydrogen-bond acceptors (Lipinski definition) is 3. The van der Waals surface area contributed by atoms with Crippen LogP contribution in [-0.2, 0) is 4.74 Å². The number of aryl methyl sites for hydroxylation is 1. The molecule has 0 aliphatic rings. The number of nitrogens with one attached hydrogen (secondary N) is 2. The Hall–Kier alpha value is -2.08. The number of aromatic carboxylic acids is 1. The molecule has 0 heterocycles. The van der Waals surface area contributed by atoms with Gasteiger partial charge in [-0.25, -0.2) is 9.59 Å². The van der Waals surface area contributed by atoms with E-state index in [1.54, 1.807) is 13.0 Å². The zero-order chi connectivity index (χ0) is 15.1. The van der Waals surface area contributed by atoms with Gasteiger partial charge in [0.1, 0.15) is 0 Å². The Labute approximate surface area is 118 Å². The first-order chi connectivity index (χ1) is 9.43. The molecule has 6 heteroatoms. The fraction of sp³-hybridized carbons (Fsp3) is 0.429. The Morgan fingerprint density at radius 3 is 2.70 bits per heavy atom. The van der Waals surface area contributed by atoms with Crippen molar-refractivity contribution in [1.82, 2.24) is 5.32 Å². The first-order valence-electron chi connectivity index (χ1n) is 6.44. The molecule has 0 aromatic heterocycles. The van der Waals surface area contributed by atoms with Crippen molar-refractivity contribution in [2.75, 3.05) is 18.5 Å². The van der Waals surface area contributed by atoms with Crippen molar-refractivity contribution >= 4 is 17.7 Å². The standard InChI is InChI=1S/C14H20N2O4/c1-4-20-10(3)8-15-14(19)16-12-7-11(13(17)18)6-5-9(12)2/h5-7,10H,4,8H2,1-3H3,(H,17,18)(H2,15,16,19). The van der Waals surface area contributed by atoms with Gasteiger partial charge in [0.25, 0.3) is 0 Å². The molecule has 6 nitrogen and oxygen atoms in total. The van der Waals surface area contributed by atoms with E-state index in [2.05, 4.69) is 10.6 Å². The van der Waals surface area contributed by atoms with E-state index in [9.17, 15) is 9.59 Å². The SMILES string of the molecule is CCOC(C)CNC(=O)Nc1cc(C(=O)O)ccc1C. The fourth-order valence-corrected chi connectivity index (χ4v) is 1.64. The first-order valence-corrected chi connectivity index (χ1v) is 6.44. The molecule has 0 fully saturated rings. The number of carbonyl (C=O) groups excluding carboxylic acids is 1. The maximum Gasteiger partial charge on any atom is 0.335 e. The molecule has 3 N–H and O–H groups in total. The largest absolute Gasteiger partial charge is 0.478 e. The summed E-state index contributed by atoms with van der Waals surface area (Å²) in [7, 11) is 0. The van der Waals surface area contributed by atoms with Crippen LogP contribution in [0.15, 0.2) is 18.2 Å². The average Bonchev–Trinajstić information content (AvgIpc) is 2.39. The molecule has 2 amide bonds. The number of hydrogen-bond donors (Lipinski definition) is 3. The quantitative estimate of drug-likeness (QED) is 0.745. The summed E-state index contributed by atoms with van der Waals surface area (Å²) in [6.07, 6.45) is -0.0720. The molecule has 0 aliphatic heterocycles. The number of amides is 2. The van der Waals surface area contributed by atoms with E-state index in [0.717, 1.165) is 5.56 Å². The number of anilines is 1. The lowest BCUT2D eigenvalue weighted by Crippen LogP contribution is -2.35. The minimum absolute atomic E-state index is 0.0720. The third-order valence-electron chi connectivity index (χ3n) is 2.73. The molecule has 1 aromatic carbocycles. The van der Waals surface area contributed by atoms with E-state index >= 15 is 0 Å². The molecule has 0 saturated carbocycles. The van der Waals surface area contributed by atoms with E-state index in [-0.39, 0.29) is 17.7 Å². The number of ether oxygens (including phenoxy) is 1. The monoisotopic (exact) mass is 280 g/mol. The highest BCUT2D eigenvalue weighted by molar-refractivity contribution is 5.93. The van der Waals surface area contributed by atoms with Crippen LogP contribution in [-0.4, -0.2) is 36.4 Å². The summed E-state index contributed by atoms with van der Waals surface area (Å²) < 4.78 is 5.30. The molecule has 110 valence electrons. The van der Waals surface area contributed by atoms with Gasteiger partial charge in [0.2, 0.25) is 0 Å². The van der Waals surface area contributed by atoms with Gasteiger partial charge in [0, 0.05) is 18.8 Å². The topological polar surface area (TPSA) is 87.7 Å². The van der Waals surface area contributed by atoms with Gasteiger partial charge in [0.15, 0.2) is 0 Å². The molecule has 1 atom stereocenters. The second-order valence-corrected chi connectivity index (χ2v) is 4.44. The molecule has 1 rings (SSSR count). The van der Waals surface area contributed by atoms with Crippen molar-refractivity contribution in [1.29, 1.82) is 0 Å². The Bertz CT molecular complexity index is 488. The number of rotatable bonds is 6. The van der Waals surface area contributed by atoms with Gasteiger partial charge < -0.3 is 20.5 Å². The molecular formula is C14H20N2O4. The molecule has 0 radical (unpaired) electrons. The minimum atomic E-state index is -1.03. The summed E-state index contributed by atoms with van der Waals surface area (Å²) in [5.41, 5.74) is 1.41. The van der Waals surface area contributed by atoms with Crippen LogP contribution < -0.4 is 10.6 Å². The summed E-state index contributed by atoms with van der Waals surface area (Å²) in [6.45, 7) is 6.52. The van der Waals surface area contributed by atoms with Crippen LogP contribution in [0.25, 0.3) is 0 Å². The predicted octanol–water partition coefficient (Wildman–Crippen LogP) is 2.24. The maximum absolute atomic E-state index is 11.7. The maximum atomic E-state index is 11.7. The van der Waals surface area contributed by atoms with Crippen LogP contribution >= 0.6 is 0 Å². The Morgan fingerprint density at radius 1 is 1.40 bits per heavy atom. The van der Waals surface area contributed by atoms with Crippen LogP contribution in [0.3, 0.4) is 0 Å². The number of urea groups is 1. The van der Waals surface area contributed by atoms with Crippen LogP contribution in [0.5, 0.6) is 0 Å². The van der Waals surface area contributed by atoms with Crippen LogP contribution in [0.4, 0.5) is 10.5 Å². The smallest absolute Gasteiger partial charge is 0.335 e. The van der Waals surface area contributed by atoms with E-state index in [1.807, 2.05) is 13.8 Å². The molecule has 0 saturated heterocycles. The number of benzene rings is 1. The zero-order valence-corrected chi connectivity index (χ0v) is 11.9. The molecule has 0 aliphatic carbocycles. The summed E-state index contributed by atoms with van der Waals surface area (Å²) in [5, 5.41) is 14.2. The van der Waals surface area contributed by atoms with Gasteiger partial charge in [0.05, 0.1) is 11.7 Å². The van der Waals surface area contributed by atoms with Crippen molar-refractivity contribution < 1.29 is 19.4 Å². The van der Waals surface area contributed by atoms with Crippen molar-refractivity contribution in [2.45, 2.75) is 26.9 Å². The number of carboxylic acids is 1. The van der Waals surface area contributed by atoms with Crippen molar-refractivity contribution in [3.63, 3.8) is 0 Å². The number of carboxylic acid groups (broad SMARTS) is 1. The van der Waals surface area contributed by atoms with E-state index in [4.69, 9.17) is 9.84 Å². The van der Waals surface area contributed by atoms with Gasteiger partial charge >= 0.3 is 12.0 Å². The molecule has 0 spiro atoms. The van der Waals surface area contributed by atoms with E-state index in [1.165, 1.54) is 12.1 Å². The highest BCUT2D eigenvalue weighted by atomic mass is 16.5. The van der Waals surface area contributed by atoms with Crippen LogP contribution in [0, 0.1) is 6.92 Å². The normalized spacial score (nSPS) is 11.8. The minimum Gasteiger partial charge on any atom is -0.478 e. The Morgan fingerprint density at radius 2 is 2.10 bits per heavy atom. The van der Waals surface area contributed by atoms with E-state index < -0.39 is 5.97 Å². The molecule has 1 aromatic rings. The van der Waals surface area contributed by atoms with Gasteiger partial charge in [-0.05, 0) is 38.5 Å².